The van der Waals surface area contributed by atoms with Gasteiger partial charge in [-0.25, -0.2) is 9.59 Å². The highest BCUT2D eigenvalue weighted by atomic mass is 32.2. The Morgan fingerprint density at radius 3 is 2.23 bits per heavy atom. The van der Waals surface area contributed by atoms with Crippen molar-refractivity contribution in [2.45, 2.75) is 41.0 Å². The largest absolute Gasteiger partial charge is 0.509 e. The highest BCUT2D eigenvalue weighted by Gasteiger charge is 2.54. The maximum Gasteiger partial charge on any atom is 0.509 e. The first-order chi connectivity index (χ1) is 19.1. The highest BCUT2D eigenvalue weighted by molar-refractivity contribution is 7.99. The van der Waals surface area contributed by atoms with E-state index < -0.39 is 48.3 Å². The van der Waals surface area contributed by atoms with Gasteiger partial charge in [0.1, 0.15) is 17.6 Å². The summed E-state index contributed by atoms with van der Waals surface area (Å²) in [6.45, 7) is -0.104. The molecule has 9 heteroatoms. The maximum atomic E-state index is 13.3. The van der Waals surface area contributed by atoms with Crippen molar-refractivity contribution in [3.05, 3.63) is 102 Å². The summed E-state index contributed by atoms with van der Waals surface area (Å²) in [6.07, 6.45) is -0.0668. The molecular formula is C30H26O8S. The molecule has 3 aromatic rings. The third kappa shape index (κ3) is 6.61. The van der Waals surface area contributed by atoms with Crippen molar-refractivity contribution in [1.29, 1.82) is 0 Å². The van der Waals surface area contributed by atoms with Gasteiger partial charge >= 0.3 is 12.1 Å². The molecule has 2 fully saturated rings. The highest BCUT2D eigenvalue weighted by Crippen LogP contribution is 2.41. The molecule has 200 valence electrons. The minimum absolute atomic E-state index is 0.170. The molecule has 6 atom stereocenters. The van der Waals surface area contributed by atoms with Crippen LogP contribution in [-0.2, 0) is 28.4 Å². The predicted molar refractivity (Wildman–Crippen MR) is 142 cm³/mol. The Morgan fingerprint density at radius 2 is 1.54 bits per heavy atom. The van der Waals surface area contributed by atoms with Gasteiger partial charge in [-0.1, -0.05) is 84.4 Å². The molecule has 0 radical (unpaired) electrons. The van der Waals surface area contributed by atoms with Crippen LogP contribution < -0.4 is 0 Å². The van der Waals surface area contributed by atoms with Crippen molar-refractivity contribution >= 4 is 23.9 Å². The quantitative estimate of drug-likeness (QED) is 0.300. The molecule has 1 unspecified atom stereocenters. The SMILES string of the molecule is C#CCOC(=O)O[C@@H]1[C@@H](OC(=O)c2ccccc2)[C@@H]2OC(c3ccccc3)OC[C@H]2O[C@H]1Sc1ccccc1. The standard InChI is InChI=1S/C30H26O8S/c1-2-18-33-30(32)38-26-25(36-27(31)20-12-6-3-7-13-20)24-23(35-29(26)39-22-16-10-5-11-17-22)19-34-28(37-24)21-14-8-4-9-15-21/h1,3-17,23-26,28-29H,18-19H2/t23-,24-,25+,26-,28?,29+/m1/s1. The second-order valence-corrected chi connectivity index (χ2v) is 9.88. The van der Waals surface area contributed by atoms with E-state index in [9.17, 15) is 9.59 Å². The molecule has 0 bridgehead atoms. The van der Waals surface area contributed by atoms with E-state index in [1.165, 1.54) is 11.8 Å². The molecule has 0 aromatic heterocycles. The van der Waals surface area contributed by atoms with Gasteiger partial charge in [-0.3, -0.25) is 0 Å². The number of thioether (sulfide) groups is 1. The second kappa shape index (κ2) is 12.8. The lowest BCUT2D eigenvalue weighted by Gasteiger charge is -2.48. The van der Waals surface area contributed by atoms with Gasteiger partial charge in [0.15, 0.2) is 25.1 Å². The maximum absolute atomic E-state index is 13.3. The summed E-state index contributed by atoms with van der Waals surface area (Å²) in [7, 11) is 0. The zero-order valence-electron chi connectivity index (χ0n) is 20.8. The van der Waals surface area contributed by atoms with Crippen molar-refractivity contribution in [3.8, 4) is 12.3 Å². The van der Waals surface area contributed by atoms with Crippen molar-refractivity contribution < 1.29 is 38.0 Å². The van der Waals surface area contributed by atoms with E-state index in [1.54, 1.807) is 30.3 Å². The van der Waals surface area contributed by atoms with Gasteiger partial charge < -0.3 is 28.4 Å². The number of ether oxygens (including phenoxy) is 6. The van der Waals surface area contributed by atoms with Crippen LogP contribution in [0.4, 0.5) is 4.79 Å². The van der Waals surface area contributed by atoms with Gasteiger partial charge in [0.05, 0.1) is 12.2 Å². The number of esters is 1. The first-order valence-corrected chi connectivity index (χ1v) is 13.2. The Balaban J connectivity index is 1.48. The number of rotatable bonds is 7. The Morgan fingerprint density at radius 1 is 0.872 bits per heavy atom. The zero-order chi connectivity index (χ0) is 27.0. The van der Waals surface area contributed by atoms with Gasteiger partial charge in [0, 0.05) is 10.5 Å². The van der Waals surface area contributed by atoms with Gasteiger partial charge in [-0.05, 0) is 24.3 Å². The second-order valence-electron chi connectivity index (χ2n) is 8.71. The smallest absolute Gasteiger partial charge is 0.452 e. The lowest BCUT2D eigenvalue weighted by Crippen LogP contribution is -2.63. The third-order valence-electron chi connectivity index (χ3n) is 6.11. The number of carbonyl (C=O) groups excluding carboxylic acids is 2. The van der Waals surface area contributed by atoms with Crippen molar-refractivity contribution in [1.82, 2.24) is 0 Å². The number of terminal acetylenes is 1. The topological polar surface area (TPSA) is 89.5 Å². The monoisotopic (exact) mass is 546 g/mol. The lowest BCUT2D eigenvalue weighted by molar-refractivity contribution is -0.318. The van der Waals surface area contributed by atoms with Gasteiger partial charge in [0.25, 0.3) is 0 Å². The van der Waals surface area contributed by atoms with Crippen molar-refractivity contribution in [2.24, 2.45) is 0 Å². The van der Waals surface area contributed by atoms with E-state index >= 15 is 0 Å². The fourth-order valence-corrected chi connectivity index (χ4v) is 5.45. The van der Waals surface area contributed by atoms with Crippen LogP contribution in [0.25, 0.3) is 0 Å². The molecule has 8 nitrogen and oxygen atoms in total. The van der Waals surface area contributed by atoms with Gasteiger partial charge in [-0.15, -0.1) is 6.42 Å². The van der Waals surface area contributed by atoms with Crippen LogP contribution in [0, 0.1) is 12.3 Å². The summed E-state index contributed by atoms with van der Waals surface area (Å²) >= 11 is 1.32. The predicted octanol–water partition coefficient (Wildman–Crippen LogP) is 5.00. The molecule has 0 saturated carbocycles. The Kier molecular flexibility index (Phi) is 8.81. The van der Waals surface area contributed by atoms with Crippen LogP contribution in [0.5, 0.6) is 0 Å². The van der Waals surface area contributed by atoms with Crippen LogP contribution in [0.15, 0.2) is 95.9 Å². The van der Waals surface area contributed by atoms with E-state index in [0.29, 0.717) is 5.56 Å². The summed E-state index contributed by atoms with van der Waals surface area (Å²) in [5, 5.41) is 0. The molecule has 0 amide bonds. The molecule has 3 aromatic carbocycles. The van der Waals surface area contributed by atoms with E-state index in [-0.39, 0.29) is 13.2 Å². The lowest BCUT2D eigenvalue weighted by atomic mass is 9.98. The normalized spacial score (nSPS) is 25.9. The minimum atomic E-state index is -1.09. The Hall–Kier alpha value is -3.81. The molecule has 0 N–H and O–H groups in total. The number of fused-ring (bicyclic) bond motifs is 1. The average molecular weight is 547 g/mol. The van der Waals surface area contributed by atoms with Crippen molar-refractivity contribution in [2.75, 3.05) is 13.2 Å². The first-order valence-electron chi connectivity index (χ1n) is 12.3. The number of carbonyl (C=O) groups is 2. The fourth-order valence-electron chi connectivity index (χ4n) is 4.33. The molecule has 39 heavy (non-hydrogen) atoms. The molecular weight excluding hydrogens is 520 g/mol. The van der Waals surface area contributed by atoms with Crippen molar-refractivity contribution in [3.63, 3.8) is 0 Å². The average Bonchev–Trinajstić information content (AvgIpc) is 2.99. The van der Waals surface area contributed by atoms with Gasteiger partial charge in [-0.2, -0.15) is 0 Å². The van der Waals surface area contributed by atoms with E-state index in [4.69, 9.17) is 34.8 Å². The third-order valence-corrected chi connectivity index (χ3v) is 7.27. The molecule has 2 heterocycles. The minimum Gasteiger partial charge on any atom is -0.452 e. The number of hydrogen-bond donors (Lipinski definition) is 0. The Bertz CT molecular complexity index is 1280. The van der Waals surface area contributed by atoms with Gasteiger partial charge in [0.2, 0.25) is 0 Å². The zero-order valence-corrected chi connectivity index (χ0v) is 21.6. The van der Waals surface area contributed by atoms with E-state index in [1.807, 2.05) is 60.7 Å². The summed E-state index contributed by atoms with van der Waals surface area (Å²) in [5.41, 5.74) is 0.352. The first kappa shape index (κ1) is 26.8. The summed E-state index contributed by atoms with van der Waals surface area (Å²) in [6, 6.07) is 27.4. The molecule has 5 rings (SSSR count). The van der Waals surface area contributed by atoms with Crippen LogP contribution in [-0.4, -0.2) is 55.2 Å². The number of benzene rings is 3. The summed E-state index contributed by atoms with van der Waals surface area (Å²) < 4.78 is 35.4. The van der Waals surface area contributed by atoms with Crippen LogP contribution >= 0.6 is 11.8 Å². The molecule has 2 aliphatic rings. The fraction of sp³-hybridized carbons (Fsp3) is 0.267. The Labute approximate surface area is 230 Å². The summed E-state index contributed by atoms with van der Waals surface area (Å²) in [5.74, 6) is 1.64. The van der Waals surface area contributed by atoms with Crippen LogP contribution in [0.2, 0.25) is 0 Å². The molecule has 2 saturated heterocycles. The summed E-state index contributed by atoms with van der Waals surface area (Å²) in [4.78, 5) is 26.7. The van der Waals surface area contributed by atoms with E-state index in [0.717, 1.165) is 10.5 Å². The van der Waals surface area contributed by atoms with E-state index in [2.05, 4.69) is 5.92 Å². The molecule has 2 aliphatic heterocycles. The molecule has 0 spiro atoms. The number of hydrogen-bond acceptors (Lipinski definition) is 9. The molecule has 0 aliphatic carbocycles. The van der Waals surface area contributed by atoms with Crippen LogP contribution in [0.1, 0.15) is 22.2 Å². The van der Waals surface area contributed by atoms with Crippen LogP contribution in [0.3, 0.4) is 0 Å².